The van der Waals surface area contributed by atoms with Crippen LogP contribution in [-0.2, 0) is 24.4 Å². The van der Waals surface area contributed by atoms with Crippen molar-refractivity contribution in [2.75, 3.05) is 52.9 Å². The van der Waals surface area contributed by atoms with Gasteiger partial charge in [-0.3, -0.25) is 0 Å². The Hall–Kier alpha value is -3.68. The standard InChI is InChI=1S/C39H42O6/c1-3-7-29(8-4-1)31-23-38(30-9-5-2-6-10-30)39(24-31,32-11-15-34(16-12-32)42-21-19-40-25-36-27-44-36)33-13-17-35(18-14-33)43-22-20-41-26-37-28-45-37/h1-18,31,36-38H,19-28H2. The lowest BCUT2D eigenvalue weighted by atomic mass is 9.65. The van der Waals surface area contributed by atoms with E-state index in [1.807, 2.05) is 0 Å². The molecule has 2 heterocycles. The Labute approximate surface area is 266 Å². The molecule has 0 aromatic heterocycles. The van der Waals surface area contributed by atoms with Crippen molar-refractivity contribution >= 4 is 0 Å². The smallest absolute Gasteiger partial charge is 0.119 e. The van der Waals surface area contributed by atoms with E-state index < -0.39 is 0 Å². The van der Waals surface area contributed by atoms with E-state index in [4.69, 9.17) is 28.4 Å². The first-order valence-electron chi connectivity index (χ1n) is 16.2. The molecule has 6 nitrogen and oxygen atoms in total. The molecule has 0 amide bonds. The van der Waals surface area contributed by atoms with Gasteiger partial charge in [0, 0.05) is 5.41 Å². The lowest BCUT2D eigenvalue weighted by molar-refractivity contribution is 0.0878. The minimum atomic E-state index is -0.236. The number of epoxide rings is 2. The Kier molecular flexibility index (Phi) is 9.45. The number of hydrogen-bond acceptors (Lipinski definition) is 6. The van der Waals surface area contributed by atoms with Crippen LogP contribution in [0.5, 0.6) is 11.5 Å². The molecule has 3 aliphatic rings. The van der Waals surface area contributed by atoms with Crippen molar-refractivity contribution in [1.29, 1.82) is 0 Å². The first kappa shape index (κ1) is 30.0. The lowest BCUT2D eigenvalue weighted by Crippen LogP contribution is -2.31. The molecule has 4 atom stereocenters. The number of rotatable bonds is 16. The van der Waals surface area contributed by atoms with Crippen molar-refractivity contribution in [3.05, 3.63) is 131 Å². The van der Waals surface area contributed by atoms with Crippen LogP contribution in [0.4, 0.5) is 0 Å². The van der Waals surface area contributed by atoms with Gasteiger partial charge in [-0.15, -0.1) is 0 Å². The number of ether oxygens (including phenoxy) is 6. The predicted octanol–water partition coefficient (Wildman–Crippen LogP) is 6.92. The quantitative estimate of drug-likeness (QED) is 0.102. The van der Waals surface area contributed by atoms with E-state index >= 15 is 0 Å². The zero-order chi connectivity index (χ0) is 30.3. The molecule has 1 aliphatic carbocycles. The van der Waals surface area contributed by atoms with Crippen LogP contribution in [0.3, 0.4) is 0 Å². The summed E-state index contributed by atoms with van der Waals surface area (Å²) in [5, 5.41) is 0. The summed E-state index contributed by atoms with van der Waals surface area (Å²) in [6.07, 6.45) is 2.61. The first-order chi connectivity index (χ1) is 22.3. The second-order valence-corrected chi connectivity index (χ2v) is 12.3. The minimum Gasteiger partial charge on any atom is -0.491 e. The predicted molar refractivity (Wildman–Crippen MR) is 173 cm³/mol. The van der Waals surface area contributed by atoms with E-state index in [0.717, 1.165) is 37.6 Å². The average Bonchev–Trinajstić information content (AvgIpc) is 4.04. The molecule has 4 unspecified atom stereocenters. The Balaban J connectivity index is 1.16. The molecule has 4 aromatic carbocycles. The van der Waals surface area contributed by atoms with Gasteiger partial charge in [-0.05, 0) is 71.2 Å². The molecular weight excluding hydrogens is 564 g/mol. The summed E-state index contributed by atoms with van der Waals surface area (Å²) >= 11 is 0. The number of hydrogen-bond donors (Lipinski definition) is 0. The summed E-state index contributed by atoms with van der Waals surface area (Å²) in [5.74, 6) is 2.42. The molecule has 7 rings (SSSR count). The van der Waals surface area contributed by atoms with Gasteiger partial charge < -0.3 is 28.4 Å². The van der Waals surface area contributed by atoms with Crippen LogP contribution in [0.1, 0.15) is 46.9 Å². The zero-order valence-corrected chi connectivity index (χ0v) is 25.7. The van der Waals surface area contributed by atoms with E-state index in [1.165, 1.54) is 22.3 Å². The molecule has 1 saturated carbocycles. The molecule has 0 N–H and O–H groups in total. The van der Waals surface area contributed by atoms with Crippen molar-refractivity contribution in [2.45, 2.75) is 42.3 Å². The molecule has 2 saturated heterocycles. The SMILES string of the molecule is c1ccc(C2CC(c3ccccc3)C(c3ccc(OCCOCC4CO4)cc3)(c3ccc(OCCOCC4CO4)cc3)C2)cc1. The van der Waals surface area contributed by atoms with Crippen LogP contribution in [0.2, 0.25) is 0 Å². The second-order valence-electron chi connectivity index (χ2n) is 12.3. The Morgan fingerprint density at radius 3 is 1.49 bits per heavy atom. The summed E-state index contributed by atoms with van der Waals surface area (Å²) in [7, 11) is 0. The third-order valence-electron chi connectivity index (χ3n) is 9.30. The third kappa shape index (κ3) is 7.42. The third-order valence-corrected chi connectivity index (χ3v) is 9.30. The van der Waals surface area contributed by atoms with Crippen LogP contribution in [0, 0.1) is 0 Å². The molecular formula is C39H42O6. The van der Waals surface area contributed by atoms with Gasteiger partial charge in [0.25, 0.3) is 0 Å². The normalized spacial score (nSPS) is 25.2. The van der Waals surface area contributed by atoms with Gasteiger partial charge in [-0.25, -0.2) is 0 Å². The van der Waals surface area contributed by atoms with Crippen molar-refractivity contribution in [1.82, 2.24) is 0 Å². The monoisotopic (exact) mass is 606 g/mol. The molecule has 0 spiro atoms. The lowest BCUT2D eigenvalue weighted by Gasteiger charge is -2.38. The van der Waals surface area contributed by atoms with E-state index in [9.17, 15) is 0 Å². The minimum absolute atomic E-state index is 0.236. The van der Waals surface area contributed by atoms with Gasteiger partial charge in [0.1, 0.15) is 36.9 Å². The van der Waals surface area contributed by atoms with E-state index in [2.05, 4.69) is 109 Å². The Morgan fingerprint density at radius 1 is 0.556 bits per heavy atom. The van der Waals surface area contributed by atoms with Crippen molar-refractivity contribution < 1.29 is 28.4 Å². The molecule has 2 aliphatic heterocycles. The number of benzene rings is 4. The fourth-order valence-electron chi connectivity index (χ4n) is 6.88. The van der Waals surface area contributed by atoms with Crippen LogP contribution in [-0.4, -0.2) is 65.1 Å². The van der Waals surface area contributed by atoms with Crippen molar-refractivity contribution in [2.24, 2.45) is 0 Å². The highest BCUT2D eigenvalue weighted by molar-refractivity contribution is 5.50. The molecule has 6 heteroatoms. The summed E-state index contributed by atoms with van der Waals surface area (Å²) in [6.45, 7) is 5.03. The van der Waals surface area contributed by atoms with Crippen LogP contribution < -0.4 is 9.47 Å². The van der Waals surface area contributed by atoms with E-state index in [1.54, 1.807) is 0 Å². The maximum absolute atomic E-state index is 6.05. The average molecular weight is 607 g/mol. The van der Waals surface area contributed by atoms with Crippen LogP contribution in [0.25, 0.3) is 0 Å². The maximum atomic E-state index is 6.05. The molecule has 0 bridgehead atoms. The van der Waals surface area contributed by atoms with Gasteiger partial charge in [-0.2, -0.15) is 0 Å². The molecule has 234 valence electrons. The molecule has 0 radical (unpaired) electrons. The highest BCUT2D eigenvalue weighted by Gasteiger charge is 2.50. The summed E-state index contributed by atoms with van der Waals surface area (Å²) in [4.78, 5) is 0. The van der Waals surface area contributed by atoms with Crippen molar-refractivity contribution in [3.63, 3.8) is 0 Å². The Morgan fingerprint density at radius 2 is 1.02 bits per heavy atom. The van der Waals surface area contributed by atoms with Gasteiger partial charge in [-0.1, -0.05) is 84.9 Å². The fraction of sp³-hybridized carbons (Fsp3) is 0.385. The first-order valence-corrected chi connectivity index (χ1v) is 16.2. The van der Waals surface area contributed by atoms with Crippen LogP contribution >= 0.6 is 0 Å². The highest BCUT2D eigenvalue weighted by atomic mass is 16.6. The largest absolute Gasteiger partial charge is 0.491 e. The highest BCUT2D eigenvalue weighted by Crippen LogP contribution is 2.60. The Bertz CT molecular complexity index is 1400. The van der Waals surface area contributed by atoms with Gasteiger partial charge in [0.2, 0.25) is 0 Å². The van der Waals surface area contributed by atoms with Gasteiger partial charge in [0.05, 0.1) is 39.6 Å². The zero-order valence-electron chi connectivity index (χ0n) is 25.7. The maximum Gasteiger partial charge on any atom is 0.119 e. The molecule has 4 aromatic rings. The van der Waals surface area contributed by atoms with Gasteiger partial charge in [0.15, 0.2) is 0 Å². The van der Waals surface area contributed by atoms with E-state index in [-0.39, 0.29) is 17.6 Å². The topological polar surface area (TPSA) is 62.0 Å². The van der Waals surface area contributed by atoms with Crippen molar-refractivity contribution in [3.8, 4) is 11.5 Å². The molecule has 3 fully saturated rings. The summed E-state index contributed by atoms with van der Waals surface area (Å²) < 4.78 is 33.9. The molecule has 45 heavy (non-hydrogen) atoms. The second kappa shape index (κ2) is 14.2. The summed E-state index contributed by atoms with van der Waals surface area (Å²) in [6, 6.07) is 39.5. The van der Waals surface area contributed by atoms with Crippen LogP contribution in [0.15, 0.2) is 109 Å². The summed E-state index contributed by atoms with van der Waals surface area (Å²) in [5.41, 5.74) is 5.13. The fourth-order valence-corrected chi connectivity index (χ4v) is 6.88. The van der Waals surface area contributed by atoms with E-state index in [0.29, 0.717) is 51.5 Å². The van der Waals surface area contributed by atoms with Gasteiger partial charge >= 0.3 is 0 Å².